The third kappa shape index (κ3) is 6.21. The molecule has 0 saturated heterocycles. The Hall–Kier alpha value is -3.01. The highest BCUT2D eigenvalue weighted by Crippen LogP contribution is 2.29. The van der Waals surface area contributed by atoms with Gasteiger partial charge < -0.3 is 23.7 Å². The molecule has 0 fully saturated rings. The Balaban J connectivity index is 1.97. The molecule has 0 spiro atoms. The monoisotopic (exact) mass is 498 g/mol. The molecule has 1 unspecified atom stereocenters. The van der Waals surface area contributed by atoms with Crippen LogP contribution in [0.2, 0.25) is 0 Å². The number of carbonyl (C=O) groups is 1. The van der Waals surface area contributed by atoms with Gasteiger partial charge in [-0.2, -0.15) is 0 Å². The van der Waals surface area contributed by atoms with E-state index in [9.17, 15) is 14.7 Å². The summed E-state index contributed by atoms with van der Waals surface area (Å²) in [6, 6.07) is 6.92. The summed E-state index contributed by atoms with van der Waals surface area (Å²) in [5.41, 5.74) is 4.10. The number of hydrogen-bond acceptors (Lipinski definition) is 7. The van der Waals surface area contributed by atoms with E-state index in [4.69, 9.17) is 14.5 Å². The Labute approximate surface area is 212 Å². The number of aliphatic hydroxyl groups is 1. The first kappa shape index (κ1) is 27.6. The lowest BCUT2D eigenvalue weighted by atomic mass is 10.1. The topological polar surface area (TPSA) is 108 Å². The first-order chi connectivity index (χ1) is 17.0. The molecule has 3 atom stereocenters. The third-order valence-corrected chi connectivity index (χ3v) is 6.04. The molecule has 0 aliphatic rings. The van der Waals surface area contributed by atoms with E-state index < -0.39 is 18.1 Å². The lowest BCUT2D eigenvalue weighted by Gasteiger charge is -2.21. The Morgan fingerprint density at radius 1 is 1.17 bits per heavy atom. The number of ether oxygens (including phenoxy) is 2. The number of methoxy groups -OCH3 is 1. The number of imidazole rings is 1. The van der Waals surface area contributed by atoms with E-state index in [2.05, 4.69) is 16.8 Å². The van der Waals surface area contributed by atoms with Crippen LogP contribution in [-0.2, 0) is 27.9 Å². The summed E-state index contributed by atoms with van der Waals surface area (Å²) in [6.07, 6.45) is 0.894. The van der Waals surface area contributed by atoms with Crippen molar-refractivity contribution in [2.75, 3.05) is 20.3 Å². The molecule has 196 valence electrons. The van der Waals surface area contributed by atoms with Gasteiger partial charge in [0.15, 0.2) is 0 Å². The average Bonchev–Trinajstić information content (AvgIpc) is 3.20. The second-order valence-corrected chi connectivity index (χ2v) is 9.88. The minimum atomic E-state index is -0.903. The Morgan fingerprint density at radius 2 is 1.89 bits per heavy atom. The Kier molecular flexibility index (Phi) is 9.05. The van der Waals surface area contributed by atoms with Crippen molar-refractivity contribution >= 4 is 17.0 Å². The second kappa shape index (κ2) is 11.8. The van der Waals surface area contributed by atoms with Crippen LogP contribution in [-0.4, -0.2) is 57.7 Å². The predicted molar refractivity (Wildman–Crippen MR) is 140 cm³/mol. The van der Waals surface area contributed by atoms with Gasteiger partial charge in [-0.3, -0.25) is 14.9 Å². The zero-order valence-electron chi connectivity index (χ0n) is 22.2. The number of aliphatic hydroxyl groups excluding tert-OH is 1. The fourth-order valence-corrected chi connectivity index (χ4v) is 4.23. The van der Waals surface area contributed by atoms with Gasteiger partial charge >= 0.3 is 5.97 Å². The maximum Gasteiger partial charge on any atom is 0.325 e. The van der Waals surface area contributed by atoms with Gasteiger partial charge in [0.1, 0.15) is 11.9 Å². The van der Waals surface area contributed by atoms with E-state index in [1.165, 1.54) is 0 Å². The van der Waals surface area contributed by atoms with E-state index in [1.807, 2.05) is 38.1 Å². The van der Waals surface area contributed by atoms with Gasteiger partial charge in [-0.25, -0.2) is 4.98 Å². The first-order valence-corrected chi connectivity index (χ1v) is 12.3. The van der Waals surface area contributed by atoms with Gasteiger partial charge in [0.2, 0.25) is 0 Å². The highest BCUT2D eigenvalue weighted by Gasteiger charge is 2.25. The molecule has 0 saturated carbocycles. The molecule has 3 rings (SSSR count). The minimum absolute atomic E-state index is 0.0213. The van der Waals surface area contributed by atoms with Crippen molar-refractivity contribution in [3.63, 3.8) is 0 Å². The number of benzene rings is 1. The number of pyridine rings is 1. The van der Waals surface area contributed by atoms with Crippen molar-refractivity contribution < 1.29 is 19.4 Å². The van der Waals surface area contributed by atoms with Crippen molar-refractivity contribution in [1.29, 1.82) is 0 Å². The number of nitrogens with one attached hydrogen (secondary N) is 1. The number of fused-ring (bicyclic) bond motifs is 1. The molecule has 1 aromatic carbocycles. The molecule has 9 nitrogen and oxygen atoms in total. The van der Waals surface area contributed by atoms with Crippen molar-refractivity contribution in [2.45, 2.75) is 59.4 Å². The molecule has 2 N–H and O–H groups in total. The lowest BCUT2D eigenvalue weighted by molar-refractivity contribution is -0.150. The fourth-order valence-electron chi connectivity index (χ4n) is 4.23. The number of rotatable bonds is 11. The molecular formula is C27H38N4O5. The number of aryl methyl sites for hydroxylation is 2. The summed E-state index contributed by atoms with van der Waals surface area (Å²) in [7, 11) is 3.40. The molecule has 3 aromatic rings. The summed E-state index contributed by atoms with van der Waals surface area (Å²) in [5.74, 6) is 0.494. The van der Waals surface area contributed by atoms with Gasteiger partial charge in [-0.05, 0) is 50.5 Å². The second-order valence-electron chi connectivity index (χ2n) is 9.88. The Bertz CT molecular complexity index is 1230. The van der Waals surface area contributed by atoms with Crippen LogP contribution in [0, 0.1) is 12.8 Å². The predicted octanol–water partition coefficient (Wildman–Crippen LogP) is 2.96. The fraction of sp³-hybridized carbons (Fsp3) is 0.519. The molecule has 0 aliphatic carbocycles. The summed E-state index contributed by atoms with van der Waals surface area (Å²) in [6.45, 7) is 10.5. The summed E-state index contributed by atoms with van der Waals surface area (Å²) in [4.78, 5) is 29.6. The van der Waals surface area contributed by atoms with Crippen LogP contribution < -0.4 is 10.9 Å². The van der Waals surface area contributed by atoms with Crippen molar-refractivity contribution in [2.24, 2.45) is 13.0 Å². The Morgan fingerprint density at radius 3 is 2.50 bits per heavy atom. The lowest BCUT2D eigenvalue weighted by Crippen LogP contribution is -2.45. The summed E-state index contributed by atoms with van der Waals surface area (Å²) < 4.78 is 14.5. The van der Waals surface area contributed by atoms with E-state index in [-0.39, 0.29) is 17.5 Å². The number of carbonyl (C=O) groups excluding carboxylic acids is 1. The number of hydrogen-bond donors (Lipinski definition) is 2. The highest BCUT2D eigenvalue weighted by molar-refractivity contribution is 5.82. The number of aromatic nitrogens is 3. The largest absolute Gasteiger partial charge is 0.464 e. The molecule has 2 heterocycles. The van der Waals surface area contributed by atoms with Crippen LogP contribution in [0.15, 0.2) is 35.3 Å². The number of nitrogens with zero attached hydrogens (tertiary/aromatic N) is 3. The van der Waals surface area contributed by atoms with Gasteiger partial charge in [0, 0.05) is 38.0 Å². The SMILES string of the molecule is COC[C@H](C)n1c(-c2cc(C)c(=O)n(C)c2)nc2ccc(CNC(C(=O)OCC(C)C)[C@@H](C)O)cc21. The summed E-state index contributed by atoms with van der Waals surface area (Å²) >= 11 is 0. The van der Waals surface area contributed by atoms with Crippen LogP contribution in [0.25, 0.3) is 22.4 Å². The quantitative estimate of drug-likeness (QED) is 0.391. The van der Waals surface area contributed by atoms with E-state index in [0.29, 0.717) is 25.3 Å². The standard InChI is InChI=1S/C27H38N4O5/c1-16(2)14-36-27(34)24(19(5)32)28-12-20-8-9-22-23(11-20)31(18(4)15-35-7)25(29-22)21-10-17(3)26(33)30(6)13-21/h8-11,13,16,18-19,24,28,32H,12,14-15H2,1-7H3/t18-,19+,24?/m0/s1. The van der Waals surface area contributed by atoms with Gasteiger partial charge in [0.05, 0.1) is 36.4 Å². The third-order valence-electron chi connectivity index (χ3n) is 6.04. The van der Waals surface area contributed by atoms with E-state index >= 15 is 0 Å². The zero-order valence-corrected chi connectivity index (χ0v) is 22.2. The molecular weight excluding hydrogens is 460 g/mol. The van der Waals surface area contributed by atoms with Gasteiger partial charge in [0.25, 0.3) is 5.56 Å². The van der Waals surface area contributed by atoms with Crippen LogP contribution in [0.3, 0.4) is 0 Å². The highest BCUT2D eigenvalue weighted by atomic mass is 16.5. The van der Waals surface area contributed by atoms with Crippen molar-refractivity contribution in [3.8, 4) is 11.4 Å². The summed E-state index contributed by atoms with van der Waals surface area (Å²) in [5, 5.41) is 13.3. The smallest absolute Gasteiger partial charge is 0.325 e. The van der Waals surface area contributed by atoms with Gasteiger partial charge in [-0.15, -0.1) is 0 Å². The molecule has 2 aromatic heterocycles. The number of esters is 1. The molecule has 0 radical (unpaired) electrons. The molecule has 0 bridgehead atoms. The molecule has 0 amide bonds. The van der Waals surface area contributed by atoms with E-state index in [0.717, 1.165) is 28.0 Å². The molecule has 0 aliphatic heterocycles. The molecule has 36 heavy (non-hydrogen) atoms. The minimum Gasteiger partial charge on any atom is -0.464 e. The van der Waals surface area contributed by atoms with Crippen LogP contribution in [0.5, 0.6) is 0 Å². The van der Waals surface area contributed by atoms with Crippen LogP contribution in [0.1, 0.15) is 44.9 Å². The molecule has 9 heteroatoms. The zero-order chi connectivity index (χ0) is 26.6. The first-order valence-electron chi connectivity index (χ1n) is 12.3. The average molecular weight is 499 g/mol. The normalized spacial score (nSPS) is 14.2. The van der Waals surface area contributed by atoms with Crippen molar-refractivity contribution in [1.82, 2.24) is 19.4 Å². The maximum absolute atomic E-state index is 12.5. The van der Waals surface area contributed by atoms with Crippen LogP contribution in [0.4, 0.5) is 0 Å². The van der Waals surface area contributed by atoms with Crippen molar-refractivity contribution in [3.05, 3.63) is 51.9 Å². The van der Waals surface area contributed by atoms with Crippen LogP contribution >= 0.6 is 0 Å². The van der Waals surface area contributed by atoms with E-state index in [1.54, 1.807) is 38.8 Å². The maximum atomic E-state index is 12.5. The van der Waals surface area contributed by atoms with Gasteiger partial charge in [-0.1, -0.05) is 19.9 Å².